The van der Waals surface area contributed by atoms with Gasteiger partial charge in [0, 0.05) is 17.9 Å². The van der Waals surface area contributed by atoms with Crippen LogP contribution in [0.2, 0.25) is 19.1 Å². The summed E-state index contributed by atoms with van der Waals surface area (Å²) in [5.74, 6) is -0.281. The van der Waals surface area contributed by atoms with Crippen molar-refractivity contribution >= 4 is 13.3 Å². The summed E-state index contributed by atoms with van der Waals surface area (Å²) in [6, 6.07) is 33.4. The second-order valence-electron chi connectivity index (χ2n) is 9.17. The Kier molecular flexibility index (Phi) is 4.50. The summed E-state index contributed by atoms with van der Waals surface area (Å²) in [5, 5.41) is 1.48. The van der Waals surface area contributed by atoms with E-state index in [-0.39, 0.29) is 5.60 Å². The van der Waals surface area contributed by atoms with Crippen LogP contribution in [0.5, 0.6) is 0 Å². The lowest BCUT2D eigenvalue weighted by Crippen LogP contribution is -2.51. The van der Waals surface area contributed by atoms with Gasteiger partial charge in [-0.15, -0.1) is 0 Å². The van der Waals surface area contributed by atoms with Gasteiger partial charge < -0.3 is 9.47 Å². The lowest BCUT2D eigenvalue weighted by Gasteiger charge is -2.38. The Morgan fingerprint density at radius 2 is 1.41 bits per heavy atom. The van der Waals surface area contributed by atoms with Crippen molar-refractivity contribution < 1.29 is 9.47 Å². The maximum absolute atomic E-state index is 6.97. The number of rotatable bonds is 5. The standard InChI is InChI=1S/C26H28O2Si/c1-29(2,23-16-10-5-11-17-23)20-25-19-27-26(28-25,22-14-8-4-9-15-22)18-24(25)21-12-6-3-7-13-21/h3-17,24H,18-20H2,1-2H3. The van der Waals surface area contributed by atoms with Crippen LogP contribution in [0.4, 0.5) is 0 Å². The summed E-state index contributed by atoms with van der Waals surface area (Å²) < 4.78 is 13.4. The molecule has 5 rings (SSSR count). The molecule has 0 saturated carbocycles. The van der Waals surface area contributed by atoms with Gasteiger partial charge in [0.1, 0.15) is 5.60 Å². The van der Waals surface area contributed by atoms with Crippen molar-refractivity contribution in [3.05, 3.63) is 102 Å². The predicted octanol–water partition coefficient (Wildman–Crippen LogP) is 5.43. The van der Waals surface area contributed by atoms with E-state index >= 15 is 0 Å². The molecule has 2 saturated heterocycles. The van der Waals surface area contributed by atoms with Gasteiger partial charge in [-0.1, -0.05) is 109 Å². The van der Waals surface area contributed by atoms with Gasteiger partial charge in [-0.25, -0.2) is 0 Å². The maximum atomic E-state index is 6.97. The average Bonchev–Trinajstić information content (AvgIpc) is 3.29. The summed E-state index contributed by atoms with van der Waals surface area (Å²) in [6.45, 7) is 5.58. The molecule has 2 aliphatic rings. The van der Waals surface area contributed by atoms with Crippen LogP contribution in [0.25, 0.3) is 0 Å². The second-order valence-corrected chi connectivity index (χ2v) is 13.9. The first-order chi connectivity index (χ1) is 14.0. The fourth-order valence-electron chi connectivity index (χ4n) is 5.36. The smallest absolute Gasteiger partial charge is 0.196 e. The van der Waals surface area contributed by atoms with Crippen LogP contribution in [-0.2, 0) is 15.3 Å². The van der Waals surface area contributed by atoms with Crippen LogP contribution in [0, 0.1) is 0 Å². The first-order valence-electron chi connectivity index (χ1n) is 10.5. The molecule has 2 heterocycles. The van der Waals surface area contributed by atoms with Gasteiger partial charge in [-0.2, -0.15) is 0 Å². The second kappa shape index (κ2) is 6.94. The molecule has 0 aromatic heterocycles. The predicted molar refractivity (Wildman–Crippen MR) is 120 cm³/mol. The zero-order valence-corrected chi connectivity index (χ0v) is 18.2. The van der Waals surface area contributed by atoms with Gasteiger partial charge in [-0.05, 0) is 11.6 Å². The van der Waals surface area contributed by atoms with E-state index < -0.39 is 13.9 Å². The van der Waals surface area contributed by atoms with E-state index in [1.165, 1.54) is 10.8 Å². The van der Waals surface area contributed by atoms with Crippen molar-refractivity contribution in [1.82, 2.24) is 0 Å². The molecular formula is C26H28O2Si. The van der Waals surface area contributed by atoms with E-state index in [0.29, 0.717) is 12.5 Å². The number of hydrogen-bond donors (Lipinski definition) is 0. The molecule has 0 radical (unpaired) electrons. The van der Waals surface area contributed by atoms with E-state index in [2.05, 4.69) is 104 Å². The summed E-state index contributed by atoms with van der Waals surface area (Å²) in [6.07, 6.45) is 0.875. The van der Waals surface area contributed by atoms with Gasteiger partial charge in [0.05, 0.1) is 14.7 Å². The molecule has 2 aliphatic heterocycles. The van der Waals surface area contributed by atoms with Crippen molar-refractivity contribution in [3.63, 3.8) is 0 Å². The van der Waals surface area contributed by atoms with Gasteiger partial charge in [0.25, 0.3) is 0 Å². The summed E-state index contributed by atoms with van der Waals surface area (Å²) in [4.78, 5) is 0. The molecule has 29 heavy (non-hydrogen) atoms. The zero-order valence-electron chi connectivity index (χ0n) is 17.2. The molecule has 2 fully saturated rings. The first kappa shape index (κ1) is 18.8. The molecule has 0 aliphatic carbocycles. The lowest BCUT2D eigenvalue weighted by molar-refractivity contribution is -0.160. The molecule has 2 nitrogen and oxygen atoms in total. The summed E-state index contributed by atoms with van der Waals surface area (Å²) in [7, 11) is -1.72. The molecule has 0 amide bonds. The van der Waals surface area contributed by atoms with Crippen LogP contribution < -0.4 is 5.19 Å². The van der Waals surface area contributed by atoms with E-state index in [1.54, 1.807) is 0 Å². The quantitative estimate of drug-likeness (QED) is 0.532. The Balaban J connectivity index is 1.56. The monoisotopic (exact) mass is 400 g/mol. The van der Waals surface area contributed by atoms with Crippen LogP contribution in [0.1, 0.15) is 23.5 Å². The fourth-order valence-corrected chi connectivity index (χ4v) is 8.58. The zero-order chi connectivity index (χ0) is 20.0. The van der Waals surface area contributed by atoms with Crippen molar-refractivity contribution in [2.75, 3.05) is 6.61 Å². The van der Waals surface area contributed by atoms with Gasteiger partial charge in [-0.3, -0.25) is 0 Å². The van der Waals surface area contributed by atoms with Crippen molar-refractivity contribution in [2.45, 2.75) is 42.9 Å². The molecular weight excluding hydrogens is 372 g/mol. The van der Waals surface area contributed by atoms with Gasteiger partial charge >= 0.3 is 0 Å². The van der Waals surface area contributed by atoms with Crippen molar-refractivity contribution in [1.29, 1.82) is 0 Å². The van der Waals surface area contributed by atoms with E-state index in [0.717, 1.165) is 18.0 Å². The van der Waals surface area contributed by atoms with Crippen LogP contribution in [0.15, 0.2) is 91.0 Å². The Bertz CT molecular complexity index is 973. The highest BCUT2D eigenvalue weighted by molar-refractivity contribution is 6.90. The minimum atomic E-state index is -1.72. The third-order valence-corrected chi connectivity index (χ3v) is 10.1. The van der Waals surface area contributed by atoms with Gasteiger partial charge in [0.2, 0.25) is 0 Å². The molecule has 0 N–H and O–H groups in total. The van der Waals surface area contributed by atoms with Crippen LogP contribution in [-0.4, -0.2) is 20.3 Å². The third-order valence-electron chi connectivity index (χ3n) is 6.74. The van der Waals surface area contributed by atoms with Crippen molar-refractivity contribution in [3.8, 4) is 0 Å². The molecule has 148 valence electrons. The number of fused-ring (bicyclic) bond motifs is 2. The van der Waals surface area contributed by atoms with Gasteiger partial charge in [0.15, 0.2) is 5.79 Å². The Labute approximate surface area is 174 Å². The average molecular weight is 401 g/mol. The SMILES string of the molecule is C[Si](C)(CC12COC(c3ccccc3)(CC1c1ccccc1)O2)c1ccccc1. The molecule has 0 spiro atoms. The van der Waals surface area contributed by atoms with Crippen LogP contribution in [0.3, 0.4) is 0 Å². The minimum absolute atomic E-state index is 0.275. The molecule has 3 aromatic rings. The molecule has 3 heteroatoms. The highest BCUT2D eigenvalue weighted by atomic mass is 28.3. The summed E-state index contributed by atoms with van der Waals surface area (Å²) >= 11 is 0. The van der Waals surface area contributed by atoms with Crippen LogP contribution >= 0.6 is 0 Å². The maximum Gasteiger partial charge on any atom is 0.196 e. The molecule has 2 bridgehead atoms. The van der Waals surface area contributed by atoms with E-state index in [1.807, 2.05) is 0 Å². The minimum Gasteiger partial charge on any atom is -0.343 e. The summed E-state index contributed by atoms with van der Waals surface area (Å²) in [5.41, 5.74) is 2.23. The highest BCUT2D eigenvalue weighted by Crippen LogP contribution is 2.60. The van der Waals surface area contributed by atoms with E-state index in [4.69, 9.17) is 9.47 Å². The molecule has 3 unspecified atom stereocenters. The van der Waals surface area contributed by atoms with Crippen molar-refractivity contribution in [2.24, 2.45) is 0 Å². The number of ether oxygens (including phenoxy) is 2. The first-order valence-corrected chi connectivity index (χ1v) is 13.7. The normalized spacial score (nSPS) is 28.6. The Morgan fingerprint density at radius 1 is 0.828 bits per heavy atom. The Hall–Kier alpha value is -2.20. The molecule has 3 atom stereocenters. The lowest BCUT2D eigenvalue weighted by atomic mass is 9.79. The third kappa shape index (κ3) is 3.18. The number of hydrogen-bond acceptors (Lipinski definition) is 2. The largest absolute Gasteiger partial charge is 0.343 e. The fraction of sp³-hybridized carbons (Fsp3) is 0.308. The highest BCUT2D eigenvalue weighted by Gasteiger charge is 2.64. The van der Waals surface area contributed by atoms with E-state index in [9.17, 15) is 0 Å². The Morgan fingerprint density at radius 3 is 2.07 bits per heavy atom. The number of benzene rings is 3. The topological polar surface area (TPSA) is 18.5 Å². The molecule has 3 aromatic carbocycles.